The Bertz CT molecular complexity index is 1100. The summed E-state index contributed by atoms with van der Waals surface area (Å²) in [5.74, 6) is -0.264. The first-order valence-electron chi connectivity index (χ1n) is 9.33. The number of hydrogen-bond acceptors (Lipinski definition) is 6. The quantitative estimate of drug-likeness (QED) is 0.471. The largest absolute Gasteiger partial charge is 0.491 e. The minimum atomic E-state index is -1.21. The summed E-state index contributed by atoms with van der Waals surface area (Å²) in [5.41, 5.74) is 7.01. The van der Waals surface area contributed by atoms with Gasteiger partial charge in [0, 0.05) is 24.4 Å². The van der Waals surface area contributed by atoms with Crippen molar-refractivity contribution < 1.29 is 28.3 Å². The van der Waals surface area contributed by atoms with E-state index in [9.17, 15) is 14.4 Å². The van der Waals surface area contributed by atoms with Gasteiger partial charge in [-0.2, -0.15) is 0 Å². The van der Waals surface area contributed by atoms with Gasteiger partial charge in [-0.25, -0.2) is 9.59 Å². The minimum Gasteiger partial charge on any atom is -0.491 e. The van der Waals surface area contributed by atoms with E-state index in [1.165, 1.54) is 6.92 Å². The number of fused-ring (bicyclic) bond motifs is 1. The number of benzene rings is 2. The van der Waals surface area contributed by atoms with Gasteiger partial charge >= 0.3 is 12.1 Å². The number of hydrogen-bond donors (Lipinski definition) is 2. The Balaban J connectivity index is 2.07. The van der Waals surface area contributed by atoms with Gasteiger partial charge in [-0.3, -0.25) is 4.79 Å². The molecule has 0 spiro atoms. The summed E-state index contributed by atoms with van der Waals surface area (Å²) >= 11 is 0. The van der Waals surface area contributed by atoms with Crippen LogP contribution in [0.15, 0.2) is 46.9 Å². The number of nitrogens with two attached hydrogens (primary N) is 1. The number of ether oxygens (including phenoxy) is 2. The fourth-order valence-corrected chi connectivity index (χ4v) is 2.97. The van der Waals surface area contributed by atoms with Crippen molar-refractivity contribution in [3.8, 4) is 17.1 Å². The molecule has 0 bridgehead atoms. The Morgan fingerprint density at radius 2 is 1.80 bits per heavy atom. The van der Waals surface area contributed by atoms with Gasteiger partial charge in [0.1, 0.15) is 22.7 Å². The lowest BCUT2D eigenvalue weighted by Gasteiger charge is -2.09. The molecule has 0 atom stereocenters. The maximum atomic E-state index is 12.6. The lowest BCUT2D eigenvalue weighted by molar-refractivity contribution is -0.119. The molecule has 0 radical (unpaired) electrons. The third kappa shape index (κ3) is 4.78. The minimum absolute atomic E-state index is 0.0639. The summed E-state index contributed by atoms with van der Waals surface area (Å²) in [6.07, 6.45) is -1.27. The van der Waals surface area contributed by atoms with Crippen molar-refractivity contribution in [1.29, 1.82) is 0 Å². The average Bonchev–Trinajstić information content (AvgIpc) is 3.04. The second kappa shape index (κ2) is 8.69. The van der Waals surface area contributed by atoms with Crippen LogP contribution in [0.1, 0.15) is 36.7 Å². The standard InChI is InChI=1S/C22H22N2O6/c1-12(2)28-16-8-9-18-17(10-16)19(21(26)30-22(23)27)20(29-18)15-6-4-14(5-7-15)11-24-13(3)25/h4-10,12H,11H2,1-3H3,(H2,23,27)(H,24,25). The fourth-order valence-electron chi connectivity index (χ4n) is 2.97. The number of amides is 2. The lowest BCUT2D eigenvalue weighted by Crippen LogP contribution is -2.19. The van der Waals surface area contributed by atoms with E-state index in [-0.39, 0.29) is 23.3 Å². The van der Waals surface area contributed by atoms with Gasteiger partial charge < -0.3 is 24.9 Å². The highest BCUT2D eigenvalue weighted by molar-refractivity contribution is 6.11. The predicted octanol–water partition coefficient (Wildman–Crippen LogP) is 3.76. The molecule has 3 aromatic rings. The van der Waals surface area contributed by atoms with Gasteiger partial charge in [0.05, 0.1) is 6.10 Å². The van der Waals surface area contributed by atoms with E-state index in [0.717, 1.165) is 5.56 Å². The van der Waals surface area contributed by atoms with Crippen LogP contribution in [0.2, 0.25) is 0 Å². The third-order valence-electron chi connectivity index (χ3n) is 4.19. The van der Waals surface area contributed by atoms with Crippen LogP contribution in [0.3, 0.4) is 0 Å². The van der Waals surface area contributed by atoms with Crippen LogP contribution < -0.4 is 15.8 Å². The second-order valence-electron chi connectivity index (χ2n) is 6.95. The van der Waals surface area contributed by atoms with Crippen molar-refractivity contribution in [3.05, 3.63) is 53.6 Å². The summed E-state index contributed by atoms with van der Waals surface area (Å²) in [5, 5.41) is 3.16. The number of carbonyl (C=O) groups excluding carboxylic acids is 3. The van der Waals surface area contributed by atoms with E-state index in [4.69, 9.17) is 14.9 Å². The molecule has 0 saturated heterocycles. The first-order chi connectivity index (χ1) is 14.2. The molecule has 3 rings (SSSR count). The van der Waals surface area contributed by atoms with E-state index in [0.29, 0.717) is 28.8 Å². The van der Waals surface area contributed by atoms with Crippen LogP contribution in [0.5, 0.6) is 5.75 Å². The number of primary amides is 1. The molecular weight excluding hydrogens is 388 g/mol. The van der Waals surface area contributed by atoms with Crippen LogP contribution in [-0.2, 0) is 16.1 Å². The Morgan fingerprint density at radius 3 is 2.40 bits per heavy atom. The van der Waals surface area contributed by atoms with Crippen molar-refractivity contribution in [2.45, 2.75) is 33.4 Å². The summed E-state index contributed by atoms with van der Waals surface area (Å²) in [4.78, 5) is 34.9. The third-order valence-corrected chi connectivity index (χ3v) is 4.19. The van der Waals surface area contributed by atoms with Crippen molar-refractivity contribution >= 4 is 28.9 Å². The lowest BCUT2D eigenvalue weighted by atomic mass is 10.0. The van der Waals surface area contributed by atoms with Gasteiger partial charge in [0.25, 0.3) is 0 Å². The number of carbonyl (C=O) groups is 3. The first kappa shape index (κ1) is 20.9. The normalized spacial score (nSPS) is 10.8. The van der Waals surface area contributed by atoms with Crippen molar-refractivity contribution in [2.75, 3.05) is 0 Å². The van der Waals surface area contributed by atoms with Crippen LogP contribution in [0, 0.1) is 0 Å². The Kier molecular flexibility index (Phi) is 6.06. The Hall–Kier alpha value is -3.81. The molecule has 156 valence electrons. The molecule has 2 amide bonds. The average molecular weight is 410 g/mol. The number of nitrogens with one attached hydrogen (secondary N) is 1. The van der Waals surface area contributed by atoms with E-state index in [1.807, 2.05) is 13.8 Å². The van der Waals surface area contributed by atoms with Gasteiger partial charge in [-0.15, -0.1) is 0 Å². The molecule has 1 aromatic heterocycles. The molecular formula is C22H22N2O6. The molecule has 0 aliphatic rings. The highest BCUT2D eigenvalue weighted by Gasteiger charge is 2.25. The van der Waals surface area contributed by atoms with E-state index in [1.54, 1.807) is 42.5 Å². The first-order valence-corrected chi connectivity index (χ1v) is 9.33. The zero-order chi connectivity index (χ0) is 21.8. The molecule has 30 heavy (non-hydrogen) atoms. The molecule has 3 N–H and O–H groups in total. The van der Waals surface area contributed by atoms with Crippen molar-refractivity contribution in [3.63, 3.8) is 0 Å². The second-order valence-corrected chi connectivity index (χ2v) is 6.95. The molecule has 2 aromatic carbocycles. The summed E-state index contributed by atoms with van der Waals surface area (Å²) in [6, 6.07) is 12.2. The summed E-state index contributed by atoms with van der Waals surface area (Å²) < 4.78 is 16.2. The van der Waals surface area contributed by atoms with Crippen molar-refractivity contribution in [1.82, 2.24) is 5.32 Å². The van der Waals surface area contributed by atoms with Gasteiger partial charge in [0.2, 0.25) is 5.91 Å². The highest BCUT2D eigenvalue weighted by Crippen LogP contribution is 2.36. The van der Waals surface area contributed by atoms with Gasteiger partial charge in [0.15, 0.2) is 0 Å². The molecule has 8 heteroatoms. The molecule has 0 fully saturated rings. The molecule has 0 aliphatic heterocycles. The molecule has 8 nitrogen and oxygen atoms in total. The number of rotatable bonds is 6. The van der Waals surface area contributed by atoms with Gasteiger partial charge in [-0.05, 0) is 37.6 Å². The molecule has 0 saturated carbocycles. The molecule has 0 unspecified atom stereocenters. The SMILES string of the molecule is CC(=O)NCc1ccc(-c2oc3ccc(OC(C)C)cc3c2C(=O)OC(N)=O)cc1. The fraction of sp³-hybridized carbons (Fsp3) is 0.227. The smallest absolute Gasteiger partial charge is 0.412 e. The van der Waals surface area contributed by atoms with Crippen LogP contribution in [-0.4, -0.2) is 24.1 Å². The summed E-state index contributed by atoms with van der Waals surface area (Å²) in [6.45, 7) is 5.59. The maximum Gasteiger partial charge on any atom is 0.412 e. The van der Waals surface area contributed by atoms with E-state index < -0.39 is 12.1 Å². The topological polar surface area (TPSA) is 121 Å². The zero-order valence-electron chi connectivity index (χ0n) is 16.9. The highest BCUT2D eigenvalue weighted by atomic mass is 16.6. The Labute approximate surface area is 172 Å². The summed E-state index contributed by atoms with van der Waals surface area (Å²) in [7, 11) is 0. The van der Waals surface area contributed by atoms with Crippen LogP contribution in [0.4, 0.5) is 4.79 Å². The van der Waals surface area contributed by atoms with Gasteiger partial charge in [-0.1, -0.05) is 24.3 Å². The van der Waals surface area contributed by atoms with Crippen molar-refractivity contribution in [2.24, 2.45) is 5.73 Å². The van der Waals surface area contributed by atoms with E-state index in [2.05, 4.69) is 10.1 Å². The maximum absolute atomic E-state index is 12.6. The number of esters is 1. The molecule has 1 heterocycles. The predicted molar refractivity (Wildman–Crippen MR) is 110 cm³/mol. The van der Waals surface area contributed by atoms with Crippen LogP contribution >= 0.6 is 0 Å². The van der Waals surface area contributed by atoms with E-state index >= 15 is 0 Å². The Morgan fingerprint density at radius 1 is 1.10 bits per heavy atom. The monoisotopic (exact) mass is 410 g/mol. The molecule has 0 aliphatic carbocycles. The number of furan rings is 1. The van der Waals surface area contributed by atoms with Crippen LogP contribution in [0.25, 0.3) is 22.3 Å². The zero-order valence-corrected chi connectivity index (χ0v) is 16.9.